The highest BCUT2D eigenvalue weighted by molar-refractivity contribution is 6.34. The van der Waals surface area contributed by atoms with Crippen molar-refractivity contribution in [3.8, 4) is 0 Å². The summed E-state index contributed by atoms with van der Waals surface area (Å²) in [7, 11) is 0. The normalized spacial score (nSPS) is 22.1. The first kappa shape index (κ1) is 11.6. The lowest BCUT2D eigenvalue weighted by Crippen LogP contribution is -2.27. The van der Waals surface area contributed by atoms with E-state index in [1.54, 1.807) is 24.3 Å². The lowest BCUT2D eigenvalue weighted by Gasteiger charge is -2.01. The van der Waals surface area contributed by atoms with Crippen LogP contribution in [0, 0.1) is 6.92 Å². The van der Waals surface area contributed by atoms with E-state index in [1.807, 2.05) is 31.2 Å². The predicted octanol–water partition coefficient (Wildman–Crippen LogP) is 2.88. The van der Waals surface area contributed by atoms with Gasteiger partial charge in [-0.15, -0.1) is 0 Å². The molecule has 3 nitrogen and oxygen atoms in total. The maximum Gasteiger partial charge on any atom is 0.224 e. The Bertz CT molecular complexity index is 708. The van der Waals surface area contributed by atoms with Crippen molar-refractivity contribution in [1.82, 2.24) is 0 Å². The van der Waals surface area contributed by atoms with Gasteiger partial charge in [-0.1, -0.05) is 54.1 Å². The second-order valence-electron chi connectivity index (χ2n) is 5.35. The Morgan fingerprint density at radius 3 is 2.00 bits per heavy atom. The van der Waals surface area contributed by atoms with Gasteiger partial charge in [0.15, 0.2) is 0 Å². The lowest BCUT2D eigenvalue weighted by atomic mass is 9.94. The molecule has 1 heterocycles. The van der Waals surface area contributed by atoms with E-state index in [0.717, 1.165) is 11.1 Å². The van der Waals surface area contributed by atoms with Crippen molar-refractivity contribution in [1.29, 1.82) is 0 Å². The molecule has 0 unspecified atom stereocenters. The molecular formula is C17H12O3. The van der Waals surface area contributed by atoms with E-state index in [9.17, 15) is 9.59 Å². The van der Waals surface area contributed by atoms with Crippen LogP contribution in [-0.2, 0) is 4.74 Å². The average molecular weight is 264 g/mol. The molecule has 0 radical (unpaired) electrons. The predicted molar refractivity (Wildman–Crippen MR) is 72.8 cm³/mol. The van der Waals surface area contributed by atoms with Crippen molar-refractivity contribution in [3.63, 3.8) is 0 Å². The van der Waals surface area contributed by atoms with Crippen molar-refractivity contribution in [2.45, 2.75) is 18.6 Å². The summed E-state index contributed by atoms with van der Waals surface area (Å²) in [6.07, 6.45) is -0.449. The van der Waals surface area contributed by atoms with Crippen LogP contribution in [0.2, 0.25) is 0 Å². The lowest BCUT2D eigenvalue weighted by molar-refractivity contribution is 0.0785. The molecule has 1 spiro atoms. The van der Waals surface area contributed by atoms with Gasteiger partial charge < -0.3 is 4.74 Å². The first-order valence-electron chi connectivity index (χ1n) is 6.57. The number of carbonyl (C=O) groups excluding carboxylic acids is 2. The van der Waals surface area contributed by atoms with Gasteiger partial charge in [-0.05, 0) is 12.5 Å². The zero-order valence-corrected chi connectivity index (χ0v) is 10.9. The van der Waals surface area contributed by atoms with E-state index in [0.29, 0.717) is 11.1 Å². The molecule has 1 aliphatic heterocycles. The summed E-state index contributed by atoms with van der Waals surface area (Å²) < 4.78 is 5.60. The Labute approximate surface area is 116 Å². The van der Waals surface area contributed by atoms with Crippen LogP contribution in [0.3, 0.4) is 0 Å². The minimum absolute atomic E-state index is 0.205. The van der Waals surface area contributed by atoms with Crippen LogP contribution in [-0.4, -0.2) is 17.2 Å². The molecule has 1 aliphatic carbocycles. The molecule has 1 saturated heterocycles. The molecule has 0 N–H and O–H groups in total. The average Bonchev–Trinajstić information content (AvgIpc) is 3.19. The molecule has 0 bridgehead atoms. The topological polar surface area (TPSA) is 46.7 Å². The number of aryl methyl sites for hydroxylation is 1. The highest BCUT2D eigenvalue weighted by atomic mass is 16.6. The number of carbonyl (C=O) groups is 2. The zero-order chi connectivity index (χ0) is 13.9. The summed E-state index contributed by atoms with van der Waals surface area (Å²) in [5, 5.41) is 0. The van der Waals surface area contributed by atoms with Crippen molar-refractivity contribution in [2.24, 2.45) is 0 Å². The van der Waals surface area contributed by atoms with Gasteiger partial charge in [0.1, 0.15) is 6.10 Å². The summed E-state index contributed by atoms with van der Waals surface area (Å²) in [5.41, 5.74) is 1.68. The highest BCUT2D eigenvalue weighted by Crippen LogP contribution is 2.56. The van der Waals surface area contributed by atoms with Gasteiger partial charge in [0.25, 0.3) is 0 Å². The van der Waals surface area contributed by atoms with Gasteiger partial charge in [-0.3, -0.25) is 9.59 Å². The maximum absolute atomic E-state index is 12.5. The molecule has 3 heteroatoms. The minimum Gasteiger partial charge on any atom is -0.344 e. The zero-order valence-electron chi connectivity index (χ0n) is 10.9. The highest BCUT2D eigenvalue weighted by Gasteiger charge is 2.71. The third kappa shape index (κ3) is 1.28. The van der Waals surface area contributed by atoms with Crippen LogP contribution < -0.4 is 0 Å². The smallest absolute Gasteiger partial charge is 0.224 e. The van der Waals surface area contributed by atoms with Crippen LogP contribution >= 0.6 is 0 Å². The van der Waals surface area contributed by atoms with Gasteiger partial charge in [-0.25, -0.2) is 0 Å². The Kier molecular flexibility index (Phi) is 2.11. The van der Waals surface area contributed by atoms with E-state index in [4.69, 9.17) is 4.74 Å². The number of ether oxygens (including phenoxy) is 1. The van der Waals surface area contributed by atoms with E-state index in [2.05, 4.69) is 0 Å². The number of hydrogen-bond acceptors (Lipinski definition) is 3. The fraction of sp³-hybridized carbons (Fsp3) is 0.176. The molecule has 1 fully saturated rings. The fourth-order valence-electron chi connectivity index (χ4n) is 2.92. The minimum atomic E-state index is -1.29. The Balaban J connectivity index is 1.77. The van der Waals surface area contributed by atoms with Crippen LogP contribution in [0.5, 0.6) is 0 Å². The molecule has 2 aromatic carbocycles. The number of benzene rings is 2. The van der Waals surface area contributed by atoms with Gasteiger partial charge in [-0.2, -0.15) is 0 Å². The number of Topliss-reactive ketones (excluding diaryl/α,β-unsaturated/α-hetero) is 2. The largest absolute Gasteiger partial charge is 0.344 e. The summed E-state index contributed by atoms with van der Waals surface area (Å²) in [5.74, 6) is -0.410. The summed E-state index contributed by atoms with van der Waals surface area (Å²) in [4.78, 5) is 25.0. The first-order valence-corrected chi connectivity index (χ1v) is 6.57. The van der Waals surface area contributed by atoms with Crippen LogP contribution in [0.1, 0.15) is 37.9 Å². The van der Waals surface area contributed by atoms with Gasteiger partial charge in [0, 0.05) is 11.1 Å². The summed E-state index contributed by atoms with van der Waals surface area (Å²) >= 11 is 0. The van der Waals surface area contributed by atoms with Crippen molar-refractivity contribution in [3.05, 3.63) is 70.8 Å². The number of ketones is 2. The van der Waals surface area contributed by atoms with Crippen LogP contribution in [0.15, 0.2) is 48.5 Å². The van der Waals surface area contributed by atoms with Gasteiger partial charge in [0.05, 0.1) is 0 Å². The summed E-state index contributed by atoms with van der Waals surface area (Å²) in [6.45, 7) is 2.00. The monoisotopic (exact) mass is 264 g/mol. The Morgan fingerprint density at radius 1 is 0.900 bits per heavy atom. The number of rotatable bonds is 1. The molecule has 4 rings (SSSR count). The SMILES string of the molecule is Cc1ccc([C@H]2OC23C(=O)c2ccccc2C3=O)cc1. The van der Waals surface area contributed by atoms with Crippen molar-refractivity contribution >= 4 is 11.6 Å². The summed E-state index contributed by atoms with van der Waals surface area (Å²) in [6, 6.07) is 14.7. The molecule has 1 atom stereocenters. The van der Waals surface area contributed by atoms with E-state index in [-0.39, 0.29) is 11.6 Å². The number of epoxide rings is 1. The van der Waals surface area contributed by atoms with Crippen LogP contribution in [0.25, 0.3) is 0 Å². The van der Waals surface area contributed by atoms with Gasteiger partial charge >= 0.3 is 0 Å². The number of fused-ring (bicyclic) bond motifs is 1. The molecule has 2 aromatic rings. The Morgan fingerprint density at radius 2 is 1.45 bits per heavy atom. The first-order chi connectivity index (χ1) is 9.64. The third-order valence-corrected chi connectivity index (χ3v) is 4.09. The van der Waals surface area contributed by atoms with E-state index < -0.39 is 11.7 Å². The molecule has 0 aromatic heterocycles. The Hall–Kier alpha value is -2.26. The van der Waals surface area contributed by atoms with Gasteiger partial charge in [0.2, 0.25) is 17.2 Å². The second kappa shape index (κ2) is 3.64. The van der Waals surface area contributed by atoms with Crippen molar-refractivity contribution in [2.75, 3.05) is 0 Å². The molecule has 0 amide bonds. The number of hydrogen-bond donors (Lipinski definition) is 0. The molecule has 20 heavy (non-hydrogen) atoms. The molecular weight excluding hydrogens is 252 g/mol. The van der Waals surface area contributed by atoms with E-state index in [1.165, 1.54) is 0 Å². The second-order valence-corrected chi connectivity index (χ2v) is 5.35. The molecule has 98 valence electrons. The fourth-order valence-corrected chi connectivity index (χ4v) is 2.92. The standard InChI is InChI=1S/C17H12O3/c1-10-6-8-11(9-7-10)16-17(20-16)14(18)12-4-2-3-5-13(12)15(17)19/h2-9,16H,1H3/t16-/m1/s1. The third-order valence-electron chi connectivity index (χ3n) is 4.09. The molecule has 2 aliphatic rings. The van der Waals surface area contributed by atoms with Crippen molar-refractivity contribution < 1.29 is 14.3 Å². The quantitative estimate of drug-likeness (QED) is 0.587. The van der Waals surface area contributed by atoms with Crippen LogP contribution in [0.4, 0.5) is 0 Å². The maximum atomic E-state index is 12.5. The van der Waals surface area contributed by atoms with E-state index >= 15 is 0 Å². The molecule has 0 saturated carbocycles.